The van der Waals surface area contributed by atoms with Crippen LogP contribution >= 0.6 is 11.3 Å². The minimum absolute atomic E-state index is 0.0856. The second-order valence-corrected chi connectivity index (χ2v) is 6.89. The lowest BCUT2D eigenvalue weighted by molar-refractivity contribution is -0.903. The Morgan fingerprint density at radius 1 is 1.31 bits per heavy atom. The first-order chi connectivity index (χ1) is 12.6. The highest BCUT2D eigenvalue weighted by Gasteiger charge is 2.24. The number of hydrogen-bond acceptors (Lipinski definition) is 6. The number of thiophene rings is 1. The van der Waals surface area contributed by atoms with E-state index in [1.165, 1.54) is 0 Å². The molecule has 0 saturated carbocycles. The lowest BCUT2D eigenvalue weighted by Gasteiger charge is -2.18. The molecule has 26 heavy (non-hydrogen) atoms. The van der Waals surface area contributed by atoms with Gasteiger partial charge in [0.2, 0.25) is 0 Å². The molecule has 1 amide bonds. The molecular weight excluding hydrogens is 352 g/mol. The average molecular weight is 373 g/mol. The highest BCUT2D eigenvalue weighted by atomic mass is 32.1. The fraction of sp³-hybridized carbons (Fsp3) is 0.278. The van der Waals surface area contributed by atoms with E-state index in [9.17, 15) is 4.79 Å². The number of nitrogens with one attached hydrogen (secondary N) is 2. The molecule has 2 atom stereocenters. The molecule has 0 bridgehead atoms. The Balaban J connectivity index is 1.58. The molecule has 0 radical (unpaired) electrons. The molecule has 2 aromatic heterocycles. The zero-order valence-electron chi connectivity index (χ0n) is 14.9. The summed E-state index contributed by atoms with van der Waals surface area (Å²) in [6.07, 6.45) is 0. The second-order valence-electron chi connectivity index (χ2n) is 5.94. The van der Waals surface area contributed by atoms with Gasteiger partial charge in [-0.2, -0.15) is 0 Å². The number of anilines is 1. The number of amides is 1. The second kappa shape index (κ2) is 8.11. The molecule has 7 nitrogen and oxygen atoms in total. The average Bonchev–Trinajstić information content (AvgIpc) is 3.33. The third-order valence-corrected chi connectivity index (χ3v) is 4.95. The summed E-state index contributed by atoms with van der Waals surface area (Å²) in [5, 5.41) is 13.1. The first kappa shape index (κ1) is 18.1. The summed E-state index contributed by atoms with van der Waals surface area (Å²) in [5.74, 6) is 1.69. The summed E-state index contributed by atoms with van der Waals surface area (Å²) in [7, 11) is 3.53. The zero-order valence-corrected chi connectivity index (χ0v) is 15.7. The van der Waals surface area contributed by atoms with Crippen molar-refractivity contribution < 1.29 is 18.8 Å². The predicted octanol–water partition coefficient (Wildman–Crippen LogP) is 2.02. The molecule has 0 aliphatic heterocycles. The van der Waals surface area contributed by atoms with Crippen molar-refractivity contribution in [2.24, 2.45) is 0 Å². The van der Waals surface area contributed by atoms with E-state index in [2.05, 4.69) is 15.5 Å². The maximum absolute atomic E-state index is 12.3. The highest BCUT2D eigenvalue weighted by molar-refractivity contribution is 7.13. The Morgan fingerprint density at radius 3 is 2.73 bits per heavy atom. The smallest absolute Gasteiger partial charge is 0.279 e. The fourth-order valence-corrected chi connectivity index (χ4v) is 3.05. The third kappa shape index (κ3) is 4.27. The van der Waals surface area contributed by atoms with Crippen molar-refractivity contribution in [3.05, 3.63) is 47.7 Å². The number of carbonyl (C=O) groups is 1. The molecule has 1 aromatic carbocycles. The molecule has 0 spiro atoms. The van der Waals surface area contributed by atoms with Crippen molar-refractivity contribution >= 4 is 22.9 Å². The van der Waals surface area contributed by atoms with E-state index in [0.29, 0.717) is 11.8 Å². The minimum atomic E-state index is -0.0992. The predicted molar refractivity (Wildman–Crippen MR) is 99.4 cm³/mol. The number of aromatic nitrogens is 2. The normalized spacial score (nSPS) is 13.2. The lowest BCUT2D eigenvalue weighted by Crippen LogP contribution is -3.10. The van der Waals surface area contributed by atoms with E-state index in [1.807, 2.05) is 31.5 Å². The van der Waals surface area contributed by atoms with Crippen LogP contribution in [0.15, 0.2) is 46.2 Å². The van der Waals surface area contributed by atoms with E-state index in [0.717, 1.165) is 21.2 Å². The number of rotatable bonds is 7. The van der Waals surface area contributed by atoms with Gasteiger partial charge in [0.25, 0.3) is 17.7 Å². The Kier molecular flexibility index (Phi) is 5.65. The van der Waals surface area contributed by atoms with Crippen molar-refractivity contribution in [3.63, 3.8) is 0 Å². The number of nitrogens with zero attached hydrogens (tertiary/aromatic N) is 2. The first-order valence-electron chi connectivity index (χ1n) is 8.20. The summed E-state index contributed by atoms with van der Waals surface area (Å²) in [5.41, 5.74) is 0.731. The van der Waals surface area contributed by atoms with E-state index in [1.54, 1.807) is 42.7 Å². The molecule has 0 saturated heterocycles. The van der Waals surface area contributed by atoms with Gasteiger partial charge in [-0.25, -0.2) is 0 Å². The quantitative estimate of drug-likeness (QED) is 0.662. The molecule has 136 valence electrons. The minimum Gasteiger partial charge on any atom is -0.497 e. The molecule has 0 aliphatic carbocycles. The zero-order chi connectivity index (χ0) is 18.5. The summed E-state index contributed by atoms with van der Waals surface area (Å²) >= 11 is 1.55. The van der Waals surface area contributed by atoms with Crippen molar-refractivity contribution in [1.29, 1.82) is 0 Å². The van der Waals surface area contributed by atoms with Gasteiger partial charge in [-0.3, -0.25) is 4.79 Å². The van der Waals surface area contributed by atoms with Crippen LogP contribution in [-0.2, 0) is 4.79 Å². The Labute approximate surface area is 155 Å². The molecule has 2 N–H and O–H groups in total. The largest absolute Gasteiger partial charge is 0.497 e. The van der Waals surface area contributed by atoms with Gasteiger partial charge in [0.1, 0.15) is 5.75 Å². The van der Waals surface area contributed by atoms with Crippen LogP contribution in [0.4, 0.5) is 5.69 Å². The van der Waals surface area contributed by atoms with Gasteiger partial charge in [-0.1, -0.05) is 6.07 Å². The molecule has 0 fully saturated rings. The SMILES string of the molecule is COc1ccc(NC(=O)C[NH+](C)[C@@H](C)c2nnc(-c3cccs3)o2)cc1. The van der Waals surface area contributed by atoms with Gasteiger partial charge in [-0.05, 0) is 42.6 Å². The van der Waals surface area contributed by atoms with Gasteiger partial charge in [0.05, 0.1) is 19.0 Å². The van der Waals surface area contributed by atoms with Crippen LogP contribution in [0.25, 0.3) is 10.8 Å². The first-order valence-corrected chi connectivity index (χ1v) is 9.08. The van der Waals surface area contributed by atoms with E-state index >= 15 is 0 Å². The maximum Gasteiger partial charge on any atom is 0.279 e. The summed E-state index contributed by atoms with van der Waals surface area (Å²) in [6.45, 7) is 2.24. The van der Waals surface area contributed by atoms with Gasteiger partial charge < -0.3 is 19.4 Å². The van der Waals surface area contributed by atoms with Crippen molar-refractivity contribution in [2.45, 2.75) is 13.0 Å². The highest BCUT2D eigenvalue weighted by Crippen LogP contribution is 2.24. The topological polar surface area (TPSA) is 81.7 Å². The van der Waals surface area contributed by atoms with Gasteiger partial charge in [-0.15, -0.1) is 21.5 Å². The van der Waals surface area contributed by atoms with Crippen LogP contribution < -0.4 is 15.0 Å². The van der Waals surface area contributed by atoms with Crippen LogP contribution in [0.5, 0.6) is 5.75 Å². The Morgan fingerprint density at radius 2 is 2.08 bits per heavy atom. The number of likely N-dealkylation sites (N-methyl/N-ethyl adjacent to an activating group) is 1. The van der Waals surface area contributed by atoms with Crippen molar-refractivity contribution in [3.8, 4) is 16.5 Å². The molecule has 0 aliphatic rings. The summed E-state index contributed by atoms with van der Waals surface area (Å²) in [6, 6.07) is 11.0. The standard InChI is InChI=1S/C18H20N4O3S/c1-12(17-20-21-18(25-17)15-5-4-10-26-15)22(2)11-16(23)19-13-6-8-14(24-3)9-7-13/h4-10,12H,11H2,1-3H3,(H,19,23)/p+1/t12-/m0/s1. The van der Waals surface area contributed by atoms with Crippen molar-refractivity contribution in [1.82, 2.24) is 10.2 Å². The number of quaternary nitrogens is 1. The van der Waals surface area contributed by atoms with Gasteiger partial charge >= 0.3 is 0 Å². The molecule has 3 aromatic rings. The number of hydrogen-bond donors (Lipinski definition) is 2. The van der Waals surface area contributed by atoms with Gasteiger partial charge in [0.15, 0.2) is 12.6 Å². The number of methoxy groups -OCH3 is 1. The van der Waals surface area contributed by atoms with Crippen molar-refractivity contribution in [2.75, 3.05) is 26.0 Å². The molecular formula is C18H21N4O3S+. The third-order valence-electron chi connectivity index (χ3n) is 4.10. The van der Waals surface area contributed by atoms with Crippen LogP contribution in [0, 0.1) is 0 Å². The monoisotopic (exact) mass is 373 g/mol. The summed E-state index contributed by atoms with van der Waals surface area (Å²) in [4.78, 5) is 14.2. The summed E-state index contributed by atoms with van der Waals surface area (Å²) < 4.78 is 10.9. The lowest BCUT2D eigenvalue weighted by atomic mass is 10.2. The van der Waals surface area contributed by atoms with E-state index < -0.39 is 0 Å². The number of ether oxygens (including phenoxy) is 1. The molecule has 3 rings (SSSR count). The van der Waals surface area contributed by atoms with Crippen LogP contribution in [0.3, 0.4) is 0 Å². The fourth-order valence-electron chi connectivity index (χ4n) is 2.41. The number of carbonyl (C=O) groups excluding carboxylic acids is 1. The maximum atomic E-state index is 12.3. The molecule has 1 unspecified atom stereocenters. The Hall–Kier alpha value is -2.71. The molecule has 8 heteroatoms. The van der Waals surface area contributed by atoms with Crippen LogP contribution in [-0.4, -0.2) is 36.8 Å². The number of benzene rings is 1. The van der Waals surface area contributed by atoms with E-state index in [4.69, 9.17) is 9.15 Å². The molecule has 2 heterocycles. The Bertz CT molecular complexity index is 846. The van der Waals surface area contributed by atoms with Gasteiger partial charge in [0, 0.05) is 5.69 Å². The van der Waals surface area contributed by atoms with E-state index in [-0.39, 0.29) is 18.5 Å². The van der Waals surface area contributed by atoms with Crippen LogP contribution in [0.2, 0.25) is 0 Å². The van der Waals surface area contributed by atoms with Crippen LogP contribution in [0.1, 0.15) is 18.9 Å².